The molecule has 0 saturated heterocycles. The van der Waals surface area contributed by atoms with Crippen molar-refractivity contribution >= 4 is 28.7 Å². The second-order valence-electron chi connectivity index (χ2n) is 4.09. The van der Waals surface area contributed by atoms with Gasteiger partial charge in [0.1, 0.15) is 0 Å². The van der Waals surface area contributed by atoms with Gasteiger partial charge in [0.2, 0.25) is 0 Å². The molecule has 0 aromatic heterocycles. The molecule has 18 heavy (non-hydrogen) atoms. The van der Waals surface area contributed by atoms with Crippen LogP contribution in [0.3, 0.4) is 0 Å². The maximum absolute atomic E-state index is 10.5. The van der Waals surface area contributed by atoms with Gasteiger partial charge in [-0.25, -0.2) is 0 Å². The van der Waals surface area contributed by atoms with Crippen LogP contribution in [-0.2, 0) is 0 Å². The van der Waals surface area contributed by atoms with E-state index in [-0.39, 0.29) is 5.69 Å². The summed E-state index contributed by atoms with van der Waals surface area (Å²) in [5, 5.41) is 17.2. The molecule has 0 spiro atoms. The summed E-state index contributed by atoms with van der Waals surface area (Å²) in [4.78, 5) is 10.1. The predicted octanol–water partition coefficient (Wildman–Crippen LogP) is 3.07. The lowest BCUT2D eigenvalue weighted by Gasteiger charge is -2.16. The van der Waals surface area contributed by atoms with Gasteiger partial charge in [-0.2, -0.15) is 0 Å². The Balaban J connectivity index is 2.51. The minimum atomic E-state index is -0.427. The Labute approximate surface area is 112 Å². The number of rotatable bonds is 5. The lowest BCUT2D eigenvalue weighted by atomic mass is 10.2. The fraction of sp³-hybridized carbons (Fsp3) is 0.417. The number of thiocarbonyl (C=S) groups is 1. The van der Waals surface area contributed by atoms with Crippen molar-refractivity contribution in [1.82, 2.24) is 5.32 Å². The molecular weight excluding hydrogens is 250 g/mol. The smallest absolute Gasteiger partial charge is 0.269 e. The first-order valence-electron chi connectivity index (χ1n) is 5.85. The van der Waals surface area contributed by atoms with E-state index in [2.05, 4.69) is 24.5 Å². The number of nitrogens with one attached hydrogen (secondary N) is 2. The first-order valence-corrected chi connectivity index (χ1v) is 6.25. The van der Waals surface area contributed by atoms with Crippen molar-refractivity contribution in [2.45, 2.75) is 32.7 Å². The number of anilines is 1. The Bertz CT molecular complexity index is 420. The second kappa shape index (κ2) is 6.90. The van der Waals surface area contributed by atoms with E-state index in [4.69, 9.17) is 12.2 Å². The molecule has 0 heterocycles. The van der Waals surface area contributed by atoms with E-state index in [0.29, 0.717) is 11.2 Å². The quantitative estimate of drug-likeness (QED) is 0.487. The molecule has 0 amide bonds. The van der Waals surface area contributed by atoms with E-state index in [1.54, 1.807) is 12.1 Å². The average Bonchev–Trinajstić information content (AvgIpc) is 2.29. The summed E-state index contributed by atoms with van der Waals surface area (Å²) in [5.74, 6) is 0. The van der Waals surface area contributed by atoms with Crippen LogP contribution in [-0.4, -0.2) is 16.1 Å². The number of nitro benzene ring substituents is 1. The Morgan fingerprint density at radius 2 is 2.06 bits per heavy atom. The Morgan fingerprint density at radius 1 is 1.44 bits per heavy atom. The standard InChI is InChI=1S/C12H17N3O2S/c1-3-4-9(2)13-12(18)14-10-5-7-11(8-6-10)15(16)17/h5-9H,3-4H2,1-2H3,(H2,13,14,18)/t9-/m0/s1. The van der Waals surface area contributed by atoms with Crippen LogP contribution in [0.2, 0.25) is 0 Å². The van der Waals surface area contributed by atoms with Gasteiger partial charge in [-0.15, -0.1) is 0 Å². The molecule has 1 atom stereocenters. The van der Waals surface area contributed by atoms with Crippen molar-refractivity contribution in [3.05, 3.63) is 34.4 Å². The lowest BCUT2D eigenvalue weighted by molar-refractivity contribution is -0.384. The molecule has 98 valence electrons. The van der Waals surface area contributed by atoms with Gasteiger partial charge < -0.3 is 10.6 Å². The van der Waals surface area contributed by atoms with Gasteiger partial charge in [0.25, 0.3) is 5.69 Å². The maximum atomic E-state index is 10.5. The molecule has 0 unspecified atom stereocenters. The van der Waals surface area contributed by atoms with Crippen molar-refractivity contribution in [3.8, 4) is 0 Å². The van der Waals surface area contributed by atoms with Crippen LogP contribution in [0.15, 0.2) is 24.3 Å². The van der Waals surface area contributed by atoms with Gasteiger partial charge in [0.05, 0.1) is 4.92 Å². The third kappa shape index (κ3) is 4.67. The molecule has 0 aliphatic rings. The highest BCUT2D eigenvalue weighted by atomic mass is 32.1. The highest BCUT2D eigenvalue weighted by molar-refractivity contribution is 7.80. The number of hydrogen-bond acceptors (Lipinski definition) is 3. The van der Waals surface area contributed by atoms with Crippen molar-refractivity contribution in [3.63, 3.8) is 0 Å². The molecule has 2 N–H and O–H groups in total. The summed E-state index contributed by atoms with van der Waals surface area (Å²) in [5.41, 5.74) is 0.806. The molecule has 0 radical (unpaired) electrons. The molecule has 0 aliphatic heterocycles. The zero-order valence-corrected chi connectivity index (χ0v) is 11.3. The van der Waals surface area contributed by atoms with Gasteiger partial charge in [-0.3, -0.25) is 10.1 Å². The topological polar surface area (TPSA) is 67.2 Å². The van der Waals surface area contributed by atoms with E-state index in [1.807, 2.05) is 0 Å². The Hall–Kier alpha value is -1.69. The van der Waals surface area contributed by atoms with E-state index < -0.39 is 4.92 Å². The fourth-order valence-corrected chi connectivity index (χ4v) is 1.88. The molecule has 0 bridgehead atoms. The van der Waals surface area contributed by atoms with Crippen LogP contribution in [0.1, 0.15) is 26.7 Å². The molecule has 6 heteroatoms. The zero-order valence-electron chi connectivity index (χ0n) is 10.5. The summed E-state index contributed by atoms with van der Waals surface area (Å²) in [6.07, 6.45) is 2.14. The van der Waals surface area contributed by atoms with Crippen LogP contribution in [0.4, 0.5) is 11.4 Å². The first-order chi connectivity index (χ1) is 8.52. The molecule has 1 aromatic carbocycles. The van der Waals surface area contributed by atoms with E-state index in [0.717, 1.165) is 18.5 Å². The molecule has 1 rings (SSSR count). The molecule has 0 aliphatic carbocycles. The molecule has 0 saturated carbocycles. The van der Waals surface area contributed by atoms with E-state index in [1.165, 1.54) is 12.1 Å². The van der Waals surface area contributed by atoms with Gasteiger partial charge in [0, 0.05) is 23.9 Å². The Morgan fingerprint density at radius 3 is 2.56 bits per heavy atom. The fourth-order valence-electron chi connectivity index (χ4n) is 1.56. The van der Waals surface area contributed by atoms with Gasteiger partial charge >= 0.3 is 0 Å². The molecular formula is C12H17N3O2S. The number of hydrogen-bond donors (Lipinski definition) is 2. The third-order valence-electron chi connectivity index (χ3n) is 2.44. The highest BCUT2D eigenvalue weighted by Gasteiger charge is 2.06. The van der Waals surface area contributed by atoms with Crippen LogP contribution in [0.5, 0.6) is 0 Å². The third-order valence-corrected chi connectivity index (χ3v) is 2.66. The maximum Gasteiger partial charge on any atom is 0.269 e. The zero-order chi connectivity index (χ0) is 13.5. The number of non-ortho nitro benzene ring substituents is 1. The van der Waals surface area contributed by atoms with Gasteiger partial charge in [-0.05, 0) is 37.7 Å². The Kier molecular flexibility index (Phi) is 5.51. The number of benzene rings is 1. The molecule has 0 fully saturated rings. The van der Waals surface area contributed by atoms with Crippen LogP contribution in [0.25, 0.3) is 0 Å². The first kappa shape index (κ1) is 14.4. The predicted molar refractivity (Wildman–Crippen MR) is 76.8 cm³/mol. The van der Waals surface area contributed by atoms with Gasteiger partial charge in [0.15, 0.2) is 5.11 Å². The summed E-state index contributed by atoms with van der Waals surface area (Å²) in [6, 6.07) is 6.47. The highest BCUT2D eigenvalue weighted by Crippen LogP contribution is 2.15. The minimum absolute atomic E-state index is 0.0683. The normalized spacial score (nSPS) is 11.7. The molecule has 1 aromatic rings. The monoisotopic (exact) mass is 267 g/mol. The van der Waals surface area contributed by atoms with Crippen LogP contribution >= 0.6 is 12.2 Å². The van der Waals surface area contributed by atoms with Crippen molar-refractivity contribution < 1.29 is 4.92 Å². The largest absolute Gasteiger partial charge is 0.360 e. The summed E-state index contributed by atoms with van der Waals surface area (Å²) in [6.45, 7) is 4.18. The van der Waals surface area contributed by atoms with Crippen molar-refractivity contribution in [1.29, 1.82) is 0 Å². The number of nitrogens with zero attached hydrogens (tertiary/aromatic N) is 1. The van der Waals surface area contributed by atoms with Crippen molar-refractivity contribution in [2.75, 3.05) is 5.32 Å². The van der Waals surface area contributed by atoms with Crippen molar-refractivity contribution in [2.24, 2.45) is 0 Å². The van der Waals surface area contributed by atoms with E-state index in [9.17, 15) is 10.1 Å². The lowest BCUT2D eigenvalue weighted by Crippen LogP contribution is -2.35. The summed E-state index contributed by atoms with van der Waals surface area (Å²) in [7, 11) is 0. The average molecular weight is 267 g/mol. The number of nitro groups is 1. The van der Waals surface area contributed by atoms with Crippen LogP contribution < -0.4 is 10.6 Å². The van der Waals surface area contributed by atoms with Crippen LogP contribution in [0, 0.1) is 10.1 Å². The second-order valence-corrected chi connectivity index (χ2v) is 4.50. The minimum Gasteiger partial charge on any atom is -0.360 e. The molecule has 5 nitrogen and oxygen atoms in total. The van der Waals surface area contributed by atoms with E-state index >= 15 is 0 Å². The van der Waals surface area contributed by atoms with Gasteiger partial charge in [-0.1, -0.05) is 13.3 Å². The summed E-state index contributed by atoms with van der Waals surface area (Å²) < 4.78 is 0. The summed E-state index contributed by atoms with van der Waals surface area (Å²) >= 11 is 5.15. The SMILES string of the molecule is CCC[C@H](C)NC(=S)Nc1ccc([N+](=O)[O-])cc1.